The van der Waals surface area contributed by atoms with Gasteiger partial charge in [-0.05, 0) is 43.7 Å². The largest absolute Gasteiger partial charge is 0.481 e. The van der Waals surface area contributed by atoms with E-state index in [1.54, 1.807) is 29.2 Å². The number of rotatable bonds is 5. The Kier molecular flexibility index (Phi) is 6.06. The summed E-state index contributed by atoms with van der Waals surface area (Å²) >= 11 is 0. The van der Waals surface area contributed by atoms with Crippen LogP contribution in [0.15, 0.2) is 48.5 Å². The molecule has 0 unspecified atom stereocenters. The van der Waals surface area contributed by atoms with Gasteiger partial charge in [0.15, 0.2) is 18.2 Å². The van der Waals surface area contributed by atoms with Crippen molar-refractivity contribution < 1.29 is 18.3 Å². The zero-order valence-corrected chi connectivity index (χ0v) is 15.6. The standard InChI is InChI=1S/C21H24F2N2O2/c1-15-12-25(21(26)14-27-20-6-4-3-5-19(20)23)16(2)11-24(15)13-17-7-9-18(22)10-8-17/h3-10,15-16H,11-14H2,1-2H3/t15-,16+/m0/s1. The van der Waals surface area contributed by atoms with Gasteiger partial charge in [0.1, 0.15) is 5.82 Å². The summed E-state index contributed by atoms with van der Waals surface area (Å²) in [6.45, 7) is 5.86. The highest BCUT2D eigenvalue weighted by Gasteiger charge is 2.32. The topological polar surface area (TPSA) is 32.8 Å². The normalized spacial score (nSPS) is 20.5. The maximum atomic E-state index is 13.6. The molecule has 1 heterocycles. The number of carbonyl (C=O) groups is 1. The Balaban J connectivity index is 1.56. The van der Waals surface area contributed by atoms with Crippen LogP contribution in [0.3, 0.4) is 0 Å². The van der Waals surface area contributed by atoms with E-state index in [0.29, 0.717) is 19.6 Å². The van der Waals surface area contributed by atoms with E-state index in [-0.39, 0.29) is 36.2 Å². The molecule has 1 fully saturated rings. The zero-order chi connectivity index (χ0) is 19.4. The molecule has 6 heteroatoms. The molecule has 2 aromatic carbocycles. The first-order chi connectivity index (χ1) is 12.9. The Bertz CT molecular complexity index is 782. The first kappa shape index (κ1) is 19.3. The molecule has 3 rings (SSSR count). The number of hydrogen-bond donors (Lipinski definition) is 0. The van der Waals surface area contributed by atoms with Crippen molar-refractivity contribution in [1.82, 2.24) is 9.80 Å². The van der Waals surface area contributed by atoms with Gasteiger partial charge in [-0.1, -0.05) is 24.3 Å². The van der Waals surface area contributed by atoms with Crippen molar-refractivity contribution in [3.63, 3.8) is 0 Å². The Hall–Kier alpha value is -2.47. The van der Waals surface area contributed by atoms with Crippen molar-refractivity contribution in [3.05, 3.63) is 65.7 Å². The van der Waals surface area contributed by atoms with E-state index in [9.17, 15) is 13.6 Å². The number of para-hydroxylation sites is 1. The second kappa shape index (κ2) is 8.48. The van der Waals surface area contributed by atoms with Crippen molar-refractivity contribution >= 4 is 5.91 Å². The molecule has 0 spiro atoms. The summed E-state index contributed by atoms with van der Waals surface area (Å²) in [5, 5.41) is 0. The van der Waals surface area contributed by atoms with Crippen molar-refractivity contribution in [2.75, 3.05) is 19.7 Å². The Morgan fingerprint density at radius 1 is 1.04 bits per heavy atom. The van der Waals surface area contributed by atoms with Crippen LogP contribution in [0.2, 0.25) is 0 Å². The van der Waals surface area contributed by atoms with Gasteiger partial charge in [0.2, 0.25) is 0 Å². The maximum absolute atomic E-state index is 13.6. The number of halogens is 2. The van der Waals surface area contributed by atoms with E-state index in [0.717, 1.165) is 5.56 Å². The minimum Gasteiger partial charge on any atom is -0.481 e. The van der Waals surface area contributed by atoms with E-state index in [2.05, 4.69) is 11.8 Å². The number of carbonyl (C=O) groups excluding carboxylic acids is 1. The van der Waals surface area contributed by atoms with E-state index < -0.39 is 5.82 Å². The second-order valence-corrected chi connectivity index (χ2v) is 7.02. The third-order valence-electron chi connectivity index (χ3n) is 4.92. The molecule has 0 saturated carbocycles. The van der Waals surface area contributed by atoms with Gasteiger partial charge >= 0.3 is 0 Å². The zero-order valence-electron chi connectivity index (χ0n) is 15.6. The highest BCUT2D eigenvalue weighted by Crippen LogP contribution is 2.20. The van der Waals surface area contributed by atoms with Crippen LogP contribution in [0.5, 0.6) is 5.75 Å². The van der Waals surface area contributed by atoms with Gasteiger partial charge in [-0.15, -0.1) is 0 Å². The predicted molar refractivity (Wildman–Crippen MR) is 99.3 cm³/mol. The van der Waals surface area contributed by atoms with Crippen LogP contribution >= 0.6 is 0 Å². The fraction of sp³-hybridized carbons (Fsp3) is 0.381. The third-order valence-corrected chi connectivity index (χ3v) is 4.92. The lowest BCUT2D eigenvalue weighted by Gasteiger charge is -2.44. The maximum Gasteiger partial charge on any atom is 0.260 e. The summed E-state index contributed by atoms with van der Waals surface area (Å²) in [5.74, 6) is -0.790. The molecule has 2 aromatic rings. The van der Waals surface area contributed by atoms with E-state index in [4.69, 9.17) is 4.74 Å². The molecule has 1 amide bonds. The van der Waals surface area contributed by atoms with Gasteiger partial charge < -0.3 is 9.64 Å². The van der Waals surface area contributed by atoms with Gasteiger partial charge in [0.05, 0.1) is 0 Å². The number of ether oxygens (including phenoxy) is 1. The molecule has 1 aliphatic heterocycles. The average molecular weight is 374 g/mol. The quantitative estimate of drug-likeness (QED) is 0.804. The minimum absolute atomic E-state index is 0.0124. The molecule has 0 radical (unpaired) electrons. The van der Waals surface area contributed by atoms with E-state index >= 15 is 0 Å². The lowest BCUT2D eigenvalue weighted by molar-refractivity contribution is -0.139. The Morgan fingerprint density at radius 3 is 2.44 bits per heavy atom. The highest BCUT2D eigenvalue weighted by atomic mass is 19.1. The molecular weight excluding hydrogens is 350 g/mol. The van der Waals surface area contributed by atoms with Crippen LogP contribution in [-0.2, 0) is 11.3 Å². The first-order valence-electron chi connectivity index (χ1n) is 9.09. The molecule has 0 aliphatic carbocycles. The molecule has 27 heavy (non-hydrogen) atoms. The van der Waals surface area contributed by atoms with E-state index in [1.807, 2.05) is 6.92 Å². The molecule has 144 valence electrons. The monoisotopic (exact) mass is 374 g/mol. The minimum atomic E-state index is -0.476. The van der Waals surface area contributed by atoms with Crippen LogP contribution in [0.1, 0.15) is 19.4 Å². The molecule has 1 aliphatic rings. The molecule has 0 aromatic heterocycles. The summed E-state index contributed by atoms with van der Waals surface area (Å²) < 4.78 is 32.0. The van der Waals surface area contributed by atoms with Crippen molar-refractivity contribution in [1.29, 1.82) is 0 Å². The van der Waals surface area contributed by atoms with Crippen molar-refractivity contribution in [2.24, 2.45) is 0 Å². The molecule has 2 atom stereocenters. The van der Waals surface area contributed by atoms with Crippen LogP contribution < -0.4 is 4.74 Å². The average Bonchev–Trinajstić information content (AvgIpc) is 2.65. The van der Waals surface area contributed by atoms with Crippen molar-refractivity contribution in [3.8, 4) is 5.75 Å². The fourth-order valence-corrected chi connectivity index (χ4v) is 3.37. The fourth-order valence-electron chi connectivity index (χ4n) is 3.37. The van der Waals surface area contributed by atoms with Gasteiger partial charge in [-0.25, -0.2) is 8.78 Å². The molecule has 1 saturated heterocycles. The summed E-state index contributed by atoms with van der Waals surface area (Å²) in [4.78, 5) is 16.6. The number of amides is 1. The Labute approximate surface area is 158 Å². The summed E-state index contributed by atoms with van der Waals surface area (Å²) in [7, 11) is 0. The third kappa shape index (κ3) is 4.83. The molecule has 0 N–H and O–H groups in total. The second-order valence-electron chi connectivity index (χ2n) is 7.02. The van der Waals surface area contributed by atoms with Crippen LogP contribution in [0, 0.1) is 11.6 Å². The van der Waals surface area contributed by atoms with Gasteiger partial charge in [0.25, 0.3) is 5.91 Å². The number of benzene rings is 2. The van der Waals surface area contributed by atoms with Crippen LogP contribution in [0.4, 0.5) is 8.78 Å². The number of hydrogen-bond acceptors (Lipinski definition) is 3. The highest BCUT2D eigenvalue weighted by molar-refractivity contribution is 5.78. The summed E-state index contributed by atoms with van der Waals surface area (Å²) in [6, 6.07) is 12.7. The van der Waals surface area contributed by atoms with Gasteiger partial charge in [0, 0.05) is 31.7 Å². The Morgan fingerprint density at radius 2 is 1.74 bits per heavy atom. The van der Waals surface area contributed by atoms with Gasteiger partial charge in [-0.2, -0.15) is 0 Å². The summed E-state index contributed by atoms with van der Waals surface area (Å²) in [6.07, 6.45) is 0. The number of piperazine rings is 1. The van der Waals surface area contributed by atoms with Crippen LogP contribution in [-0.4, -0.2) is 47.5 Å². The van der Waals surface area contributed by atoms with E-state index in [1.165, 1.54) is 24.3 Å². The molecular formula is C21H24F2N2O2. The summed E-state index contributed by atoms with van der Waals surface area (Å²) in [5.41, 5.74) is 1.04. The van der Waals surface area contributed by atoms with Gasteiger partial charge in [-0.3, -0.25) is 9.69 Å². The lowest BCUT2D eigenvalue weighted by atomic mass is 10.1. The smallest absolute Gasteiger partial charge is 0.260 e. The predicted octanol–water partition coefficient (Wildman–Crippen LogP) is 3.47. The number of nitrogens with zero attached hydrogens (tertiary/aromatic N) is 2. The first-order valence-corrected chi connectivity index (χ1v) is 9.09. The van der Waals surface area contributed by atoms with Crippen LogP contribution in [0.25, 0.3) is 0 Å². The molecule has 4 nitrogen and oxygen atoms in total. The molecule has 0 bridgehead atoms. The SMILES string of the molecule is C[C@@H]1CN(Cc2ccc(F)cc2)[C@@H](C)CN1C(=O)COc1ccccc1F. The van der Waals surface area contributed by atoms with Crippen molar-refractivity contribution in [2.45, 2.75) is 32.5 Å². The lowest BCUT2D eigenvalue weighted by Crippen LogP contribution is -2.58.